The molecule has 56 valence electrons. The number of thioether (sulfide) groups is 1. The number of hydrogen-bond acceptors (Lipinski definition) is 3. The van der Waals surface area contributed by atoms with Crippen LogP contribution in [-0.4, -0.2) is 24.9 Å². The van der Waals surface area contributed by atoms with E-state index in [2.05, 4.69) is 17.6 Å². The van der Waals surface area contributed by atoms with E-state index in [-0.39, 0.29) is 5.84 Å². The normalized spacial score (nSPS) is 32.1. The number of amidine groups is 1. The van der Waals surface area contributed by atoms with Crippen molar-refractivity contribution in [2.45, 2.75) is 9.40 Å². The molecular formula is C5H8N2S2Se. The van der Waals surface area contributed by atoms with Gasteiger partial charge in [0.2, 0.25) is 0 Å². The van der Waals surface area contributed by atoms with Crippen LogP contribution in [0.4, 0.5) is 0 Å². The number of nitrogens with one attached hydrogen (secondary N) is 1. The molecule has 0 aromatic rings. The molecule has 10 heavy (non-hydrogen) atoms. The Hall–Kier alpha value is 0.429. The summed E-state index contributed by atoms with van der Waals surface area (Å²) in [7, 11) is 0. The van der Waals surface area contributed by atoms with Crippen molar-refractivity contribution in [1.29, 1.82) is 5.41 Å². The molecule has 0 fully saturated rings. The van der Waals surface area contributed by atoms with Crippen molar-refractivity contribution in [1.82, 2.24) is 0 Å². The molecule has 0 bridgehead atoms. The zero-order valence-corrected chi connectivity index (χ0v) is 8.63. The van der Waals surface area contributed by atoms with Crippen LogP contribution >= 0.6 is 24.4 Å². The van der Waals surface area contributed by atoms with E-state index in [1.807, 2.05) is 5.41 Å². The predicted molar refractivity (Wildman–Crippen MR) is 50.9 cm³/mol. The second-order valence-corrected chi connectivity index (χ2v) is 6.05. The number of nitrogens with two attached hydrogens (primary N) is 1. The van der Waals surface area contributed by atoms with E-state index in [0.29, 0.717) is 15.0 Å². The molecule has 3 N–H and O–H groups in total. The molecule has 5 heteroatoms. The zero-order chi connectivity index (χ0) is 7.61. The van der Waals surface area contributed by atoms with Crippen LogP contribution in [0.25, 0.3) is 0 Å². The van der Waals surface area contributed by atoms with Gasteiger partial charge in [-0.1, -0.05) is 0 Å². The number of rotatable bonds is 1. The topological polar surface area (TPSA) is 49.9 Å². The first kappa shape index (κ1) is 8.53. The van der Waals surface area contributed by atoms with E-state index >= 15 is 0 Å². The van der Waals surface area contributed by atoms with Crippen molar-refractivity contribution in [3.05, 3.63) is 10.4 Å². The summed E-state index contributed by atoms with van der Waals surface area (Å²) in [6.07, 6.45) is 0. The Morgan fingerprint density at radius 2 is 2.60 bits per heavy atom. The molecule has 0 aromatic carbocycles. The van der Waals surface area contributed by atoms with Gasteiger partial charge in [0.25, 0.3) is 0 Å². The third-order valence-electron chi connectivity index (χ3n) is 1.11. The Bertz CT molecular complexity index is 182. The molecule has 0 radical (unpaired) electrons. The van der Waals surface area contributed by atoms with E-state index in [9.17, 15) is 0 Å². The van der Waals surface area contributed by atoms with Gasteiger partial charge < -0.3 is 0 Å². The third-order valence-corrected chi connectivity index (χ3v) is 6.09. The van der Waals surface area contributed by atoms with Gasteiger partial charge in [-0.25, -0.2) is 0 Å². The van der Waals surface area contributed by atoms with Gasteiger partial charge in [-0.05, 0) is 0 Å². The Morgan fingerprint density at radius 1 is 1.90 bits per heavy atom. The predicted octanol–water partition coefficient (Wildman–Crippen LogP) is 0.889. The minimum absolute atomic E-state index is 0.173. The standard InChI is InChI=1S/C5H8N2S2Se/c6-4(7)5(8)3-10-2-1-9-5/h1-2,8H,3H2,(H3,6,7). The maximum absolute atomic E-state index is 7.24. The first-order valence-corrected chi connectivity index (χ1v) is 6.19. The van der Waals surface area contributed by atoms with Crippen LogP contribution in [-0.2, 0) is 0 Å². The van der Waals surface area contributed by atoms with E-state index in [0.717, 1.165) is 5.32 Å². The molecular weight excluding hydrogens is 231 g/mol. The molecule has 0 aliphatic carbocycles. The van der Waals surface area contributed by atoms with Crippen molar-refractivity contribution >= 4 is 45.2 Å². The molecule has 0 amide bonds. The molecule has 0 spiro atoms. The van der Waals surface area contributed by atoms with Crippen molar-refractivity contribution in [2.75, 3.05) is 0 Å². The van der Waals surface area contributed by atoms with E-state index in [1.54, 1.807) is 0 Å². The van der Waals surface area contributed by atoms with Gasteiger partial charge in [-0.3, -0.25) is 0 Å². The fourth-order valence-corrected chi connectivity index (χ4v) is 4.27. The van der Waals surface area contributed by atoms with Crippen LogP contribution in [0.2, 0.25) is 5.32 Å². The molecule has 1 rings (SSSR count). The van der Waals surface area contributed by atoms with Crippen molar-refractivity contribution in [2.24, 2.45) is 5.73 Å². The number of thiol groups is 1. The van der Waals surface area contributed by atoms with Crippen LogP contribution in [0, 0.1) is 5.41 Å². The van der Waals surface area contributed by atoms with Crippen molar-refractivity contribution < 1.29 is 0 Å². The SMILES string of the molecule is N=C(N)C1(S)C[Se]C=CS1. The quantitative estimate of drug-likeness (QED) is 0.275. The summed E-state index contributed by atoms with van der Waals surface area (Å²) >= 11 is 6.32. The van der Waals surface area contributed by atoms with E-state index < -0.39 is 4.08 Å². The average molecular weight is 239 g/mol. The zero-order valence-electron chi connectivity index (χ0n) is 5.20. The summed E-state index contributed by atoms with van der Waals surface area (Å²) in [6.45, 7) is 0. The molecule has 2 nitrogen and oxygen atoms in total. The summed E-state index contributed by atoms with van der Waals surface area (Å²) in [5.41, 5.74) is 5.36. The maximum atomic E-state index is 7.24. The second-order valence-electron chi connectivity index (χ2n) is 1.90. The monoisotopic (exact) mass is 240 g/mol. The second kappa shape index (κ2) is 3.22. The summed E-state index contributed by atoms with van der Waals surface area (Å²) in [4.78, 5) is 2.13. The summed E-state index contributed by atoms with van der Waals surface area (Å²) in [5, 5.41) is 10.1. The molecule has 1 atom stereocenters. The summed E-state index contributed by atoms with van der Waals surface area (Å²) in [5.74, 6) is 0.173. The Labute approximate surface area is 76.1 Å². The van der Waals surface area contributed by atoms with Crippen LogP contribution in [0.1, 0.15) is 0 Å². The molecule has 0 saturated carbocycles. The van der Waals surface area contributed by atoms with Crippen LogP contribution in [0.3, 0.4) is 0 Å². The summed E-state index contributed by atoms with van der Waals surface area (Å²) < 4.78 is -0.408. The third kappa shape index (κ3) is 1.72. The van der Waals surface area contributed by atoms with Gasteiger partial charge >= 0.3 is 76.1 Å². The van der Waals surface area contributed by atoms with Gasteiger partial charge in [0, 0.05) is 0 Å². The van der Waals surface area contributed by atoms with Crippen LogP contribution < -0.4 is 5.73 Å². The molecule has 0 saturated heterocycles. The van der Waals surface area contributed by atoms with Crippen LogP contribution in [0.5, 0.6) is 0 Å². The van der Waals surface area contributed by atoms with E-state index in [4.69, 9.17) is 11.1 Å². The minimum atomic E-state index is -0.408. The molecule has 0 aromatic heterocycles. The van der Waals surface area contributed by atoms with Crippen molar-refractivity contribution in [3.63, 3.8) is 0 Å². The summed E-state index contributed by atoms with van der Waals surface area (Å²) in [6, 6.07) is 0. The fourth-order valence-electron chi connectivity index (χ4n) is 0.516. The number of hydrogen-bond donors (Lipinski definition) is 3. The average Bonchev–Trinajstić information content (AvgIpc) is 1.89. The van der Waals surface area contributed by atoms with Gasteiger partial charge in [-0.15, -0.1) is 0 Å². The molecule has 1 unspecified atom stereocenters. The molecule has 1 aliphatic heterocycles. The first-order valence-electron chi connectivity index (χ1n) is 2.66. The van der Waals surface area contributed by atoms with E-state index in [1.165, 1.54) is 11.8 Å². The van der Waals surface area contributed by atoms with Gasteiger partial charge in [0.05, 0.1) is 0 Å². The first-order chi connectivity index (χ1) is 4.65. The van der Waals surface area contributed by atoms with Crippen LogP contribution in [0.15, 0.2) is 10.4 Å². The Balaban J connectivity index is 2.68. The Morgan fingerprint density at radius 3 is 2.90 bits per heavy atom. The van der Waals surface area contributed by atoms with Gasteiger partial charge in [0.1, 0.15) is 0 Å². The molecule has 1 aliphatic rings. The van der Waals surface area contributed by atoms with Gasteiger partial charge in [0.15, 0.2) is 0 Å². The molecule has 1 heterocycles. The fraction of sp³-hybridized carbons (Fsp3) is 0.400. The Kier molecular flexibility index (Phi) is 2.74. The van der Waals surface area contributed by atoms with Crippen molar-refractivity contribution in [3.8, 4) is 0 Å². The van der Waals surface area contributed by atoms with Gasteiger partial charge in [-0.2, -0.15) is 0 Å².